The number of carbonyl (C=O) groups excluding carboxylic acids is 1. The van der Waals surface area contributed by atoms with E-state index in [9.17, 15) is 19.7 Å². The number of benzene rings is 3. The van der Waals surface area contributed by atoms with Gasteiger partial charge in [0.05, 0.1) is 47.1 Å². The number of hydrogen-bond donors (Lipinski definition) is 0. The van der Waals surface area contributed by atoms with Crippen LogP contribution in [0.1, 0.15) is 43.5 Å². The molecule has 0 saturated heterocycles. The lowest BCUT2D eigenvalue weighted by Gasteiger charge is -2.24. The van der Waals surface area contributed by atoms with E-state index in [2.05, 4.69) is 4.99 Å². The third-order valence-electron chi connectivity index (χ3n) is 7.06. The van der Waals surface area contributed by atoms with E-state index < -0.39 is 16.9 Å². The van der Waals surface area contributed by atoms with Gasteiger partial charge >= 0.3 is 5.97 Å². The molecular formula is C33H31N3O8S. The molecule has 12 heteroatoms. The van der Waals surface area contributed by atoms with E-state index in [1.54, 1.807) is 63.4 Å². The molecule has 232 valence electrons. The van der Waals surface area contributed by atoms with Crippen molar-refractivity contribution in [2.24, 2.45) is 4.99 Å². The molecule has 4 aromatic rings. The Labute approximate surface area is 262 Å². The molecule has 2 heterocycles. The molecule has 11 nitrogen and oxygen atoms in total. The van der Waals surface area contributed by atoms with Gasteiger partial charge in [0.2, 0.25) is 0 Å². The lowest BCUT2D eigenvalue weighted by Crippen LogP contribution is -2.39. The van der Waals surface area contributed by atoms with E-state index in [0.717, 1.165) is 5.56 Å². The minimum absolute atomic E-state index is 0.00554. The Morgan fingerprint density at radius 3 is 2.40 bits per heavy atom. The molecule has 0 amide bonds. The number of ether oxygens (including phenoxy) is 4. The van der Waals surface area contributed by atoms with Gasteiger partial charge in [0, 0.05) is 12.1 Å². The second-order valence-electron chi connectivity index (χ2n) is 9.93. The molecule has 45 heavy (non-hydrogen) atoms. The van der Waals surface area contributed by atoms with Gasteiger partial charge in [0.15, 0.2) is 16.3 Å². The molecule has 0 spiro atoms. The van der Waals surface area contributed by atoms with E-state index in [1.165, 1.54) is 28.0 Å². The number of carbonyl (C=O) groups is 1. The van der Waals surface area contributed by atoms with Crippen LogP contribution in [0.15, 0.2) is 87.8 Å². The monoisotopic (exact) mass is 629 g/mol. The van der Waals surface area contributed by atoms with Crippen molar-refractivity contribution in [3.63, 3.8) is 0 Å². The molecule has 0 unspecified atom stereocenters. The molecule has 0 bridgehead atoms. The zero-order chi connectivity index (χ0) is 32.1. The quantitative estimate of drug-likeness (QED) is 0.133. The number of nitro groups is 1. The number of nitro benzene ring substituents is 1. The van der Waals surface area contributed by atoms with Crippen LogP contribution in [-0.4, -0.2) is 35.8 Å². The fourth-order valence-electron chi connectivity index (χ4n) is 4.92. The lowest BCUT2D eigenvalue weighted by molar-refractivity contribution is -0.384. The summed E-state index contributed by atoms with van der Waals surface area (Å²) in [6, 6.07) is 17.9. The zero-order valence-corrected chi connectivity index (χ0v) is 26.0. The van der Waals surface area contributed by atoms with E-state index in [1.807, 2.05) is 25.1 Å². The summed E-state index contributed by atoms with van der Waals surface area (Å²) in [6.45, 7) is 6.08. The van der Waals surface area contributed by atoms with Gasteiger partial charge in [-0.15, -0.1) is 0 Å². The average Bonchev–Trinajstić information content (AvgIpc) is 3.34. The molecule has 5 rings (SSSR count). The van der Waals surface area contributed by atoms with Crippen molar-refractivity contribution in [3.8, 4) is 17.2 Å². The number of non-ortho nitro benzene ring substituents is 1. The van der Waals surface area contributed by atoms with Crippen molar-refractivity contribution in [3.05, 3.63) is 124 Å². The summed E-state index contributed by atoms with van der Waals surface area (Å²) < 4.78 is 24.4. The number of nitrogens with zero attached hydrogens (tertiary/aromatic N) is 3. The maximum Gasteiger partial charge on any atom is 0.338 e. The predicted octanol–water partition coefficient (Wildman–Crippen LogP) is 4.69. The fourth-order valence-corrected chi connectivity index (χ4v) is 5.97. The summed E-state index contributed by atoms with van der Waals surface area (Å²) >= 11 is 1.23. The van der Waals surface area contributed by atoms with E-state index in [4.69, 9.17) is 18.9 Å². The highest BCUT2D eigenvalue weighted by Gasteiger charge is 2.33. The van der Waals surface area contributed by atoms with Gasteiger partial charge in [-0.2, -0.15) is 0 Å². The van der Waals surface area contributed by atoms with Crippen LogP contribution in [0.5, 0.6) is 17.2 Å². The highest BCUT2D eigenvalue weighted by atomic mass is 32.1. The zero-order valence-electron chi connectivity index (χ0n) is 25.1. The van der Waals surface area contributed by atoms with Crippen molar-refractivity contribution >= 4 is 29.1 Å². The smallest absolute Gasteiger partial charge is 0.338 e. The van der Waals surface area contributed by atoms with Gasteiger partial charge in [0.25, 0.3) is 11.2 Å². The van der Waals surface area contributed by atoms with Crippen LogP contribution in [-0.2, 0) is 16.1 Å². The predicted molar refractivity (Wildman–Crippen MR) is 168 cm³/mol. The first kappa shape index (κ1) is 31.2. The minimum Gasteiger partial charge on any atom is -0.497 e. The molecule has 1 atom stereocenters. The van der Waals surface area contributed by atoms with Crippen LogP contribution < -0.4 is 29.1 Å². The first-order valence-corrected chi connectivity index (χ1v) is 15.0. The number of aromatic nitrogens is 1. The highest BCUT2D eigenvalue weighted by Crippen LogP contribution is 2.32. The molecule has 0 aliphatic carbocycles. The molecule has 0 radical (unpaired) electrons. The number of allylic oxidation sites excluding steroid dienone is 1. The van der Waals surface area contributed by atoms with E-state index >= 15 is 0 Å². The standard InChI is InChI=1S/C33H31N3O8S/c1-5-42-27-17-22(9-16-26(27)44-19-21-7-12-24(13-8-21)36(39)40)18-28-31(37)35-30(23-10-14-25(41-4)15-11-23)29(32(38)43-6-2)20(3)34-33(35)45-28/h7-18,30H,5-6,19H2,1-4H3/b28-18-/t30-/m1/s1. The van der Waals surface area contributed by atoms with Gasteiger partial charge in [-0.05, 0) is 79.9 Å². The molecule has 0 fully saturated rings. The number of esters is 1. The topological polar surface area (TPSA) is 131 Å². The molecular weight excluding hydrogens is 598 g/mol. The van der Waals surface area contributed by atoms with Crippen LogP contribution >= 0.6 is 11.3 Å². The van der Waals surface area contributed by atoms with Gasteiger partial charge in [-0.25, -0.2) is 9.79 Å². The lowest BCUT2D eigenvalue weighted by atomic mass is 9.96. The van der Waals surface area contributed by atoms with Crippen LogP contribution in [0.4, 0.5) is 5.69 Å². The van der Waals surface area contributed by atoms with Gasteiger partial charge < -0.3 is 18.9 Å². The van der Waals surface area contributed by atoms with E-state index in [-0.39, 0.29) is 24.5 Å². The van der Waals surface area contributed by atoms with Crippen molar-refractivity contribution in [2.45, 2.75) is 33.4 Å². The largest absolute Gasteiger partial charge is 0.497 e. The van der Waals surface area contributed by atoms with Crippen LogP contribution in [0, 0.1) is 10.1 Å². The number of methoxy groups -OCH3 is 1. The summed E-state index contributed by atoms with van der Waals surface area (Å²) in [7, 11) is 1.57. The Morgan fingerprint density at radius 2 is 1.76 bits per heavy atom. The Bertz CT molecular complexity index is 1940. The third kappa shape index (κ3) is 6.65. The number of hydrogen-bond acceptors (Lipinski definition) is 10. The second-order valence-corrected chi connectivity index (χ2v) is 10.9. The van der Waals surface area contributed by atoms with Gasteiger partial charge in [-0.3, -0.25) is 19.5 Å². The first-order valence-electron chi connectivity index (χ1n) is 14.2. The SMILES string of the molecule is CCOC(=O)C1=C(C)N=c2s/c(=C\c3ccc(OCc4ccc([N+](=O)[O-])cc4)c(OCC)c3)c(=O)n2[C@@H]1c1ccc(OC)cc1. The number of rotatable bonds is 11. The Kier molecular flexibility index (Phi) is 9.43. The van der Waals surface area contributed by atoms with Crippen molar-refractivity contribution in [1.82, 2.24) is 4.57 Å². The maximum absolute atomic E-state index is 13.9. The molecule has 1 aliphatic heterocycles. The first-order chi connectivity index (χ1) is 21.7. The third-order valence-corrected chi connectivity index (χ3v) is 8.04. The van der Waals surface area contributed by atoms with Crippen molar-refractivity contribution in [2.75, 3.05) is 20.3 Å². The normalized spacial score (nSPS) is 14.4. The summed E-state index contributed by atoms with van der Waals surface area (Å²) in [5.41, 5.74) is 2.67. The highest BCUT2D eigenvalue weighted by molar-refractivity contribution is 7.07. The molecule has 0 N–H and O–H groups in total. The summed E-state index contributed by atoms with van der Waals surface area (Å²) in [6.07, 6.45) is 1.75. The number of thiazole rings is 1. The van der Waals surface area contributed by atoms with E-state index in [0.29, 0.717) is 55.6 Å². The molecule has 1 aliphatic rings. The summed E-state index contributed by atoms with van der Waals surface area (Å²) in [5, 5.41) is 10.9. The Hall–Kier alpha value is -5.23. The van der Waals surface area contributed by atoms with Crippen molar-refractivity contribution in [1.29, 1.82) is 0 Å². The summed E-state index contributed by atoms with van der Waals surface area (Å²) in [4.78, 5) is 42.6. The minimum atomic E-state index is -0.734. The van der Waals surface area contributed by atoms with Crippen LogP contribution in [0.2, 0.25) is 0 Å². The Morgan fingerprint density at radius 1 is 1.02 bits per heavy atom. The molecule has 1 aromatic heterocycles. The van der Waals surface area contributed by atoms with Crippen molar-refractivity contribution < 1.29 is 28.7 Å². The van der Waals surface area contributed by atoms with Crippen LogP contribution in [0.3, 0.4) is 0 Å². The fraction of sp³-hybridized carbons (Fsp3) is 0.242. The van der Waals surface area contributed by atoms with Gasteiger partial charge in [0.1, 0.15) is 12.4 Å². The molecule has 3 aromatic carbocycles. The maximum atomic E-state index is 13.9. The Balaban J connectivity index is 1.51. The molecule has 0 saturated carbocycles. The average molecular weight is 630 g/mol. The number of fused-ring (bicyclic) bond motifs is 1. The van der Waals surface area contributed by atoms with Crippen LogP contribution in [0.25, 0.3) is 6.08 Å². The van der Waals surface area contributed by atoms with Gasteiger partial charge in [-0.1, -0.05) is 29.5 Å². The second kappa shape index (κ2) is 13.6. The summed E-state index contributed by atoms with van der Waals surface area (Å²) in [5.74, 6) is 1.09.